The van der Waals surface area contributed by atoms with E-state index < -0.39 is 29.7 Å². The fourth-order valence-electron chi connectivity index (χ4n) is 2.97. The van der Waals surface area contributed by atoms with E-state index in [2.05, 4.69) is 10.3 Å². The number of rotatable bonds is 3. The first kappa shape index (κ1) is 15.3. The number of hydrogen-bond acceptors (Lipinski definition) is 6. The van der Waals surface area contributed by atoms with Gasteiger partial charge in [-0.05, 0) is 36.4 Å². The van der Waals surface area contributed by atoms with Crippen LogP contribution < -0.4 is 14.6 Å². The third-order valence-electron chi connectivity index (χ3n) is 4.18. The van der Waals surface area contributed by atoms with Crippen molar-refractivity contribution in [3.8, 4) is 5.75 Å². The Morgan fingerprint density at radius 2 is 1.80 bits per heavy atom. The molecule has 4 rings (SSSR count). The molecule has 2 aliphatic heterocycles. The highest BCUT2D eigenvalue weighted by molar-refractivity contribution is 6.26. The van der Waals surface area contributed by atoms with Crippen LogP contribution >= 0.6 is 0 Å². The zero-order valence-electron chi connectivity index (χ0n) is 13.2. The Morgan fingerprint density at radius 1 is 1.04 bits per heavy atom. The number of benzene rings is 2. The molecule has 2 unspecified atom stereocenters. The van der Waals surface area contributed by atoms with Crippen LogP contribution in [0.25, 0.3) is 0 Å². The van der Waals surface area contributed by atoms with E-state index in [1.165, 1.54) is 36.4 Å². The van der Waals surface area contributed by atoms with Gasteiger partial charge in [0.15, 0.2) is 12.1 Å². The van der Waals surface area contributed by atoms with E-state index in [4.69, 9.17) is 4.74 Å². The first-order valence-corrected chi connectivity index (χ1v) is 7.57. The van der Waals surface area contributed by atoms with Crippen LogP contribution in [0.3, 0.4) is 0 Å². The number of ether oxygens (including phenoxy) is 1. The van der Waals surface area contributed by atoms with Gasteiger partial charge >= 0.3 is 0 Å². The Labute approximate surface area is 142 Å². The molecule has 0 radical (unpaired) electrons. The van der Waals surface area contributed by atoms with Gasteiger partial charge in [-0.1, -0.05) is 11.3 Å². The van der Waals surface area contributed by atoms with Crippen LogP contribution in [0.1, 0.15) is 0 Å². The second-order valence-corrected chi connectivity index (χ2v) is 5.63. The van der Waals surface area contributed by atoms with Crippen molar-refractivity contribution in [1.82, 2.24) is 0 Å². The molecule has 25 heavy (non-hydrogen) atoms. The van der Waals surface area contributed by atoms with E-state index in [1.807, 2.05) is 0 Å². The van der Waals surface area contributed by atoms with Crippen molar-refractivity contribution >= 4 is 23.2 Å². The predicted molar refractivity (Wildman–Crippen MR) is 86.8 cm³/mol. The van der Waals surface area contributed by atoms with Gasteiger partial charge in [0, 0.05) is 6.07 Å². The molecular formula is C17H13FN4O3. The highest BCUT2D eigenvalue weighted by atomic mass is 19.1. The van der Waals surface area contributed by atoms with Gasteiger partial charge in [-0.3, -0.25) is 9.59 Å². The van der Waals surface area contributed by atoms with Gasteiger partial charge < -0.3 is 4.74 Å². The molecule has 0 bridgehead atoms. The summed E-state index contributed by atoms with van der Waals surface area (Å²) in [6.45, 7) is 0. The van der Waals surface area contributed by atoms with Gasteiger partial charge in [0.05, 0.1) is 18.5 Å². The summed E-state index contributed by atoms with van der Waals surface area (Å²) in [6, 6.07) is 10.4. The summed E-state index contributed by atoms with van der Waals surface area (Å²) < 4.78 is 18.3. The minimum atomic E-state index is -0.913. The quantitative estimate of drug-likeness (QED) is 0.804. The van der Waals surface area contributed by atoms with E-state index in [0.717, 1.165) is 4.90 Å². The number of imide groups is 1. The lowest BCUT2D eigenvalue weighted by molar-refractivity contribution is -0.121. The third-order valence-corrected chi connectivity index (χ3v) is 4.18. The molecule has 126 valence electrons. The summed E-state index contributed by atoms with van der Waals surface area (Å²) in [6.07, 6.45) is 0. The Kier molecular flexibility index (Phi) is 3.45. The van der Waals surface area contributed by atoms with Crippen LogP contribution in [0.15, 0.2) is 58.9 Å². The Hall–Kier alpha value is -3.29. The summed E-state index contributed by atoms with van der Waals surface area (Å²) in [5.41, 5.74) is 0.907. The van der Waals surface area contributed by atoms with E-state index in [0.29, 0.717) is 17.1 Å². The van der Waals surface area contributed by atoms with Crippen LogP contribution in [0.5, 0.6) is 5.75 Å². The lowest BCUT2D eigenvalue weighted by Gasteiger charge is -2.21. The lowest BCUT2D eigenvalue weighted by atomic mass is 10.1. The molecule has 2 heterocycles. The first-order chi connectivity index (χ1) is 12.1. The lowest BCUT2D eigenvalue weighted by Crippen LogP contribution is -2.39. The van der Waals surface area contributed by atoms with Crippen LogP contribution in [0.2, 0.25) is 0 Å². The van der Waals surface area contributed by atoms with Crippen molar-refractivity contribution in [2.24, 2.45) is 10.3 Å². The summed E-state index contributed by atoms with van der Waals surface area (Å²) in [7, 11) is 1.54. The molecular weight excluding hydrogens is 327 g/mol. The minimum absolute atomic E-state index is 0.312. The zero-order chi connectivity index (χ0) is 17.6. The molecule has 2 aromatic carbocycles. The van der Waals surface area contributed by atoms with Crippen LogP contribution in [0.4, 0.5) is 15.8 Å². The number of carbonyl (C=O) groups is 2. The molecule has 2 aliphatic rings. The maximum atomic E-state index is 13.1. The van der Waals surface area contributed by atoms with Gasteiger partial charge in [-0.25, -0.2) is 14.3 Å². The Bertz CT molecular complexity index is 884. The zero-order valence-corrected chi connectivity index (χ0v) is 13.2. The SMILES string of the molecule is COc1cccc(N2N=NC3C(=O)N(c4ccc(F)cc4)C(=O)C32)c1. The summed E-state index contributed by atoms with van der Waals surface area (Å²) in [5.74, 6) is -0.769. The number of fused-ring (bicyclic) bond motifs is 1. The molecule has 7 nitrogen and oxygen atoms in total. The average molecular weight is 340 g/mol. The summed E-state index contributed by atoms with van der Waals surface area (Å²) in [5, 5.41) is 9.36. The number of anilines is 2. The smallest absolute Gasteiger partial charge is 0.263 e. The van der Waals surface area contributed by atoms with Gasteiger partial charge in [0.25, 0.3) is 11.8 Å². The fraction of sp³-hybridized carbons (Fsp3) is 0.176. The van der Waals surface area contributed by atoms with Crippen molar-refractivity contribution in [2.75, 3.05) is 17.0 Å². The van der Waals surface area contributed by atoms with Crippen LogP contribution in [-0.2, 0) is 9.59 Å². The van der Waals surface area contributed by atoms with Crippen molar-refractivity contribution in [1.29, 1.82) is 0 Å². The second kappa shape index (κ2) is 5.66. The molecule has 1 saturated heterocycles. The highest BCUT2D eigenvalue weighted by Gasteiger charge is 2.55. The summed E-state index contributed by atoms with van der Waals surface area (Å²) in [4.78, 5) is 26.5. The predicted octanol–water partition coefficient (Wildman–Crippen LogP) is 2.33. The number of halogens is 1. The minimum Gasteiger partial charge on any atom is -0.497 e. The number of nitrogens with zero attached hydrogens (tertiary/aromatic N) is 4. The normalized spacial score (nSPS) is 21.8. The molecule has 0 aromatic heterocycles. The fourth-order valence-corrected chi connectivity index (χ4v) is 2.97. The molecule has 8 heteroatoms. The molecule has 0 aliphatic carbocycles. The molecule has 0 spiro atoms. The number of amides is 2. The number of methoxy groups -OCH3 is 1. The topological polar surface area (TPSA) is 74.6 Å². The Morgan fingerprint density at radius 3 is 2.52 bits per heavy atom. The average Bonchev–Trinajstić information content (AvgIpc) is 3.17. The van der Waals surface area contributed by atoms with Gasteiger partial charge in [0.1, 0.15) is 11.6 Å². The van der Waals surface area contributed by atoms with Gasteiger partial charge in [-0.2, -0.15) is 5.11 Å². The molecule has 2 amide bonds. The first-order valence-electron chi connectivity index (χ1n) is 7.57. The molecule has 2 aromatic rings. The van der Waals surface area contributed by atoms with Crippen molar-refractivity contribution in [3.05, 3.63) is 54.3 Å². The maximum Gasteiger partial charge on any atom is 0.263 e. The maximum absolute atomic E-state index is 13.1. The van der Waals surface area contributed by atoms with Crippen LogP contribution in [0, 0.1) is 5.82 Å². The standard InChI is InChI=1S/C17H13FN4O3/c1-25-13-4-2-3-12(9-13)22-15-14(19-20-22)16(23)21(17(15)24)11-7-5-10(18)6-8-11/h2-9,14-15H,1H3. The molecule has 1 fully saturated rings. The van der Waals surface area contributed by atoms with E-state index in [9.17, 15) is 14.0 Å². The Balaban J connectivity index is 1.69. The highest BCUT2D eigenvalue weighted by Crippen LogP contribution is 2.35. The van der Waals surface area contributed by atoms with Crippen LogP contribution in [-0.4, -0.2) is 31.0 Å². The third kappa shape index (κ3) is 2.34. The molecule has 0 N–H and O–H groups in total. The van der Waals surface area contributed by atoms with Crippen molar-refractivity contribution < 1.29 is 18.7 Å². The van der Waals surface area contributed by atoms with E-state index >= 15 is 0 Å². The van der Waals surface area contributed by atoms with E-state index in [-0.39, 0.29) is 0 Å². The number of carbonyl (C=O) groups excluding carboxylic acids is 2. The molecule has 0 saturated carbocycles. The van der Waals surface area contributed by atoms with Crippen molar-refractivity contribution in [2.45, 2.75) is 12.1 Å². The largest absolute Gasteiger partial charge is 0.497 e. The second-order valence-electron chi connectivity index (χ2n) is 5.63. The number of hydrogen-bond donors (Lipinski definition) is 0. The van der Waals surface area contributed by atoms with Gasteiger partial charge in [0.2, 0.25) is 0 Å². The van der Waals surface area contributed by atoms with Crippen molar-refractivity contribution in [3.63, 3.8) is 0 Å². The van der Waals surface area contributed by atoms with Gasteiger partial charge in [-0.15, -0.1) is 0 Å². The van der Waals surface area contributed by atoms with E-state index in [1.54, 1.807) is 24.3 Å². The molecule has 2 atom stereocenters. The monoisotopic (exact) mass is 340 g/mol. The summed E-state index contributed by atoms with van der Waals surface area (Å²) >= 11 is 0.